The molecule has 0 saturated heterocycles. The molecule has 1 unspecified atom stereocenters. The molecule has 0 radical (unpaired) electrons. The van der Waals surface area contributed by atoms with E-state index in [-0.39, 0.29) is 19.2 Å². The molecule has 23 heavy (non-hydrogen) atoms. The van der Waals surface area contributed by atoms with E-state index in [4.69, 9.17) is 14.9 Å². The molecular formula is C19H39O4+. The number of carbonyl (C=O) groups excluding carboxylic acids is 1. The van der Waals surface area contributed by atoms with Crippen LogP contribution in [0, 0.1) is 0 Å². The minimum Gasteiger partial charge on any atom is -0.463 e. The van der Waals surface area contributed by atoms with Gasteiger partial charge in [0.15, 0.2) is 12.7 Å². The van der Waals surface area contributed by atoms with Gasteiger partial charge in [-0.1, -0.05) is 84.0 Å². The average Bonchev–Trinajstić information content (AvgIpc) is 2.56. The Morgan fingerprint density at radius 1 is 0.870 bits per heavy atom. The molecule has 4 heteroatoms. The smallest absolute Gasteiger partial charge is 0.305 e. The summed E-state index contributed by atoms with van der Waals surface area (Å²) < 4.78 is 4.89. The second-order valence-electron chi connectivity index (χ2n) is 6.53. The first-order chi connectivity index (χ1) is 11.2. The van der Waals surface area contributed by atoms with Crippen LogP contribution < -0.4 is 0 Å². The van der Waals surface area contributed by atoms with Crippen LogP contribution in [0.4, 0.5) is 0 Å². The predicted molar refractivity (Wildman–Crippen MR) is 95.8 cm³/mol. The normalized spacial score (nSPS) is 12.3. The maximum atomic E-state index is 11.4. The third kappa shape index (κ3) is 17.6. The Bertz CT molecular complexity index is 256. The zero-order valence-corrected chi connectivity index (χ0v) is 15.2. The minimum atomic E-state index is -0.842. The number of rotatable bonds is 17. The van der Waals surface area contributed by atoms with Crippen LogP contribution >= 0.6 is 0 Å². The molecule has 138 valence electrons. The van der Waals surface area contributed by atoms with Crippen LogP contribution in [-0.2, 0) is 9.53 Å². The number of hydrogen-bond acceptors (Lipinski definition) is 3. The second kappa shape index (κ2) is 17.7. The standard InChI is InChI=1S/C19H38O4/c1-2-3-4-5-6-7-8-9-10-11-12-13-14-15-19(22)23-17-18(21)16-20/h18,20-21H,2-17H2,1H3/p+1. The molecule has 4 nitrogen and oxygen atoms in total. The Hall–Kier alpha value is -0.610. The molecule has 0 heterocycles. The molecule has 0 saturated carbocycles. The minimum absolute atomic E-state index is 0.0409. The molecule has 1 atom stereocenters. The Morgan fingerprint density at radius 2 is 1.30 bits per heavy atom. The van der Waals surface area contributed by atoms with Gasteiger partial charge in [-0.2, -0.15) is 0 Å². The van der Waals surface area contributed by atoms with E-state index in [9.17, 15) is 4.79 Å². The fourth-order valence-electron chi connectivity index (χ4n) is 2.61. The lowest BCUT2D eigenvalue weighted by Crippen LogP contribution is -2.21. The molecule has 0 spiro atoms. The highest BCUT2D eigenvalue weighted by molar-refractivity contribution is 5.69. The van der Waals surface area contributed by atoms with Gasteiger partial charge >= 0.3 is 5.97 Å². The number of aliphatic hydroxyl groups is 1. The van der Waals surface area contributed by atoms with Gasteiger partial charge in [-0.15, -0.1) is 0 Å². The molecule has 0 aliphatic rings. The van der Waals surface area contributed by atoms with Crippen LogP contribution in [0.5, 0.6) is 0 Å². The van der Waals surface area contributed by atoms with E-state index < -0.39 is 6.10 Å². The molecule has 0 aromatic heterocycles. The molecule has 0 amide bonds. The van der Waals surface area contributed by atoms with Crippen molar-refractivity contribution in [2.24, 2.45) is 0 Å². The maximum Gasteiger partial charge on any atom is 0.305 e. The second-order valence-corrected chi connectivity index (χ2v) is 6.53. The van der Waals surface area contributed by atoms with Crippen LogP contribution in [0.15, 0.2) is 0 Å². The van der Waals surface area contributed by atoms with Crippen LogP contribution in [0.3, 0.4) is 0 Å². The zero-order chi connectivity index (χ0) is 17.2. The first kappa shape index (κ1) is 22.4. The van der Waals surface area contributed by atoms with E-state index in [0.717, 1.165) is 12.8 Å². The van der Waals surface area contributed by atoms with E-state index in [1.165, 1.54) is 70.6 Å². The van der Waals surface area contributed by atoms with E-state index in [2.05, 4.69) is 6.92 Å². The molecule has 0 aromatic rings. The van der Waals surface area contributed by atoms with E-state index in [1.54, 1.807) is 0 Å². The van der Waals surface area contributed by atoms with E-state index >= 15 is 0 Å². The molecule has 0 aliphatic carbocycles. The Balaban J connectivity index is 3.14. The average molecular weight is 332 g/mol. The largest absolute Gasteiger partial charge is 0.463 e. The lowest BCUT2D eigenvalue weighted by molar-refractivity contribution is -0.147. The molecule has 0 bridgehead atoms. The number of aliphatic hydroxyl groups excluding tert-OH is 1. The lowest BCUT2D eigenvalue weighted by Gasteiger charge is -2.07. The third-order valence-electron chi connectivity index (χ3n) is 4.16. The van der Waals surface area contributed by atoms with Gasteiger partial charge < -0.3 is 14.9 Å². The summed E-state index contributed by atoms with van der Waals surface area (Å²) >= 11 is 0. The quantitative estimate of drug-likeness (QED) is 0.248. The number of hydrogen-bond donors (Lipinski definition) is 1. The summed E-state index contributed by atoms with van der Waals surface area (Å²) in [5, 5.41) is 16.1. The third-order valence-corrected chi connectivity index (χ3v) is 4.16. The zero-order valence-electron chi connectivity index (χ0n) is 15.2. The number of esters is 1. The summed E-state index contributed by atoms with van der Waals surface area (Å²) in [6.45, 7) is 2.10. The highest BCUT2D eigenvalue weighted by atomic mass is 16.5. The van der Waals surface area contributed by atoms with Gasteiger partial charge in [0.1, 0.15) is 6.61 Å². The van der Waals surface area contributed by atoms with Gasteiger partial charge in [-0.3, -0.25) is 4.79 Å². The number of unbranched alkanes of at least 4 members (excludes halogenated alkanes) is 12. The van der Waals surface area contributed by atoms with Crippen molar-refractivity contribution in [1.82, 2.24) is 0 Å². The SMILES string of the molecule is CCCCCCCCCCCCCCCC(=O)OCC(O)C[OH2+]. The Kier molecular flexibility index (Phi) is 17.3. The van der Waals surface area contributed by atoms with Crippen molar-refractivity contribution < 1.29 is 19.7 Å². The number of carbonyl (C=O) groups is 1. The van der Waals surface area contributed by atoms with Gasteiger partial charge in [0, 0.05) is 6.42 Å². The summed E-state index contributed by atoms with van der Waals surface area (Å²) in [4.78, 5) is 11.4. The van der Waals surface area contributed by atoms with Crippen molar-refractivity contribution in [3.05, 3.63) is 0 Å². The van der Waals surface area contributed by atoms with Gasteiger partial charge in [0.25, 0.3) is 0 Å². The Morgan fingerprint density at radius 3 is 1.74 bits per heavy atom. The summed E-state index contributed by atoms with van der Waals surface area (Å²) in [5.74, 6) is -0.249. The van der Waals surface area contributed by atoms with Gasteiger partial charge in [-0.05, 0) is 6.42 Å². The molecule has 0 fully saturated rings. The van der Waals surface area contributed by atoms with Crippen LogP contribution in [-0.4, -0.2) is 35.5 Å². The van der Waals surface area contributed by atoms with Crippen molar-refractivity contribution in [2.75, 3.05) is 13.2 Å². The molecule has 0 aliphatic heterocycles. The summed E-state index contributed by atoms with van der Waals surface area (Å²) in [6.07, 6.45) is 16.3. The van der Waals surface area contributed by atoms with Crippen molar-refractivity contribution in [1.29, 1.82) is 0 Å². The molecular weight excluding hydrogens is 292 g/mol. The monoisotopic (exact) mass is 331 g/mol. The van der Waals surface area contributed by atoms with E-state index in [1.807, 2.05) is 0 Å². The van der Waals surface area contributed by atoms with Crippen LogP contribution in [0.1, 0.15) is 96.8 Å². The van der Waals surface area contributed by atoms with Crippen molar-refractivity contribution >= 4 is 5.97 Å². The van der Waals surface area contributed by atoms with E-state index in [0.29, 0.717) is 6.42 Å². The van der Waals surface area contributed by atoms with Gasteiger partial charge in [0.05, 0.1) is 0 Å². The predicted octanol–water partition coefficient (Wildman–Crippen LogP) is 4.10. The highest BCUT2D eigenvalue weighted by Gasteiger charge is 2.09. The van der Waals surface area contributed by atoms with Gasteiger partial charge in [0.2, 0.25) is 0 Å². The molecule has 3 N–H and O–H groups in total. The first-order valence-corrected chi connectivity index (χ1v) is 9.69. The first-order valence-electron chi connectivity index (χ1n) is 9.69. The van der Waals surface area contributed by atoms with Crippen molar-refractivity contribution in [3.8, 4) is 0 Å². The van der Waals surface area contributed by atoms with Crippen molar-refractivity contribution in [2.45, 2.75) is 103 Å². The lowest BCUT2D eigenvalue weighted by atomic mass is 10.0. The summed E-state index contributed by atoms with van der Waals surface area (Å²) in [7, 11) is 0. The van der Waals surface area contributed by atoms with Crippen molar-refractivity contribution in [3.63, 3.8) is 0 Å². The highest BCUT2D eigenvalue weighted by Crippen LogP contribution is 2.13. The van der Waals surface area contributed by atoms with Crippen LogP contribution in [0.25, 0.3) is 0 Å². The van der Waals surface area contributed by atoms with Gasteiger partial charge in [-0.25, -0.2) is 0 Å². The number of ether oxygens (including phenoxy) is 1. The summed E-state index contributed by atoms with van der Waals surface area (Å²) in [6, 6.07) is 0. The molecule has 0 rings (SSSR count). The fourth-order valence-corrected chi connectivity index (χ4v) is 2.61. The molecule has 0 aromatic carbocycles. The summed E-state index contributed by atoms with van der Waals surface area (Å²) in [5.41, 5.74) is 0. The fraction of sp³-hybridized carbons (Fsp3) is 0.947. The maximum absolute atomic E-state index is 11.4. The Labute approximate surface area is 142 Å². The topological polar surface area (TPSA) is 69.4 Å². The van der Waals surface area contributed by atoms with Crippen LogP contribution in [0.2, 0.25) is 0 Å².